The van der Waals surface area contributed by atoms with Gasteiger partial charge in [0.25, 0.3) is 5.91 Å². The zero-order valence-corrected chi connectivity index (χ0v) is 38.9. The van der Waals surface area contributed by atoms with Crippen LogP contribution in [-0.4, -0.2) is 137 Å². The van der Waals surface area contributed by atoms with E-state index in [4.69, 9.17) is 14.5 Å². The van der Waals surface area contributed by atoms with Crippen molar-refractivity contribution in [2.45, 2.75) is 57.7 Å². The molecule has 5 aromatic rings. The number of nitrogens with one attached hydrogen (secondary N) is 3. The Kier molecular flexibility index (Phi) is 13.1. The van der Waals surface area contributed by atoms with Gasteiger partial charge in [-0.1, -0.05) is 25.1 Å². The Morgan fingerprint density at radius 1 is 0.879 bits per heavy atom. The third-order valence-corrected chi connectivity index (χ3v) is 14.8. The average molecular weight is 916 g/mol. The molecule has 0 radical (unpaired) electrons. The molecule has 17 nitrogen and oxygen atoms in total. The van der Waals surface area contributed by atoms with Crippen molar-refractivity contribution < 1.29 is 28.4 Å². The molecule has 3 N–H and O–H groups in total. The molecule has 346 valence electrons. The van der Waals surface area contributed by atoms with Gasteiger partial charge in [-0.3, -0.25) is 29.5 Å². The minimum atomic E-state index is -2.60. The van der Waals surface area contributed by atoms with Gasteiger partial charge in [-0.05, 0) is 81.0 Å². The van der Waals surface area contributed by atoms with E-state index in [0.717, 1.165) is 81.6 Å². The van der Waals surface area contributed by atoms with Gasteiger partial charge in [-0.2, -0.15) is 10.1 Å². The van der Waals surface area contributed by atoms with E-state index in [2.05, 4.69) is 59.8 Å². The highest BCUT2D eigenvalue weighted by Crippen LogP contribution is 2.40. The molecule has 3 fully saturated rings. The first kappa shape index (κ1) is 44.9. The number of carbonyl (C=O) groups is 3. The summed E-state index contributed by atoms with van der Waals surface area (Å²) in [5.41, 5.74) is 5.86. The highest BCUT2D eigenvalue weighted by Gasteiger charge is 2.40. The van der Waals surface area contributed by atoms with Crippen LogP contribution in [0.15, 0.2) is 79.3 Å². The quantitative estimate of drug-likeness (QED) is 0.0899. The van der Waals surface area contributed by atoms with E-state index in [-0.39, 0.29) is 18.2 Å². The standard InChI is InChI=1S/C48H58N11O6P/c1-5-32-28-37(52-48-49-30-40(59-19-9-18-50-59)45(54-48)51-36-11-6-7-13-43(36)66(3,4)63)42(64-2)29-39(32)57-20-16-33(17-21-57)56-24-22-55(23-25-56)26-27-65-41-12-8-10-34-35(41)31-58(47(34)62)38-14-15-44(60)53-46(38)61/h6-13,18-19,28-30,33,38H,5,14-17,20-27,31H2,1-4H3,(H,53,60,61)(H2,49,51,52,54). The Morgan fingerprint density at radius 3 is 2.41 bits per heavy atom. The Labute approximate surface area is 385 Å². The summed E-state index contributed by atoms with van der Waals surface area (Å²) in [4.78, 5) is 56.2. The molecule has 18 heteroatoms. The van der Waals surface area contributed by atoms with Gasteiger partial charge in [0.1, 0.15) is 37.0 Å². The van der Waals surface area contributed by atoms with E-state index in [0.29, 0.717) is 65.8 Å². The molecule has 0 saturated carbocycles. The molecule has 2 aromatic heterocycles. The SMILES string of the molecule is CCc1cc(Nc2ncc(-n3cccn3)c(Nc3ccccc3P(C)(C)=O)n2)c(OC)cc1N1CCC(N2CCN(CCOc3cccc4c3CN(C3CCC(=O)NC3=O)C4=O)CC2)CC1. The van der Waals surface area contributed by atoms with Crippen molar-refractivity contribution >= 4 is 59.0 Å². The molecule has 9 rings (SSSR count). The van der Waals surface area contributed by atoms with Crippen LogP contribution in [0.3, 0.4) is 0 Å². The lowest BCUT2D eigenvalue weighted by molar-refractivity contribution is -0.136. The Bertz CT molecular complexity index is 2640. The van der Waals surface area contributed by atoms with Gasteiger partial charge in [0, 0.05) is 98.9 Å². The summed E-state index contributed by atoms with van der Waals surface area (Å²) in [6.07, 6.45) is 8.78. The number of benzene rings is 3. The van der Waals surface area contributed by atoms with Gasteiger partial charge in [-0.25, -0.2) is 9.67 Å². The van der Waals surface area contributed by atoms with Crippen LogP contribution in [-0.2, 0) is 27.1 Å². The number of ether oxygens (including phenoxy) is 2. The number of imide groups is 1. The predicted molar refractivity (Wildman–Crippen MR) is 255 cm³/mol. The van der Waals surface area contributed by atoms with Gasteiger partial charge < -0.3 is 34.5 Å². The summed E-state index contributed by atoms with van der Waals surface area (Å²) in [6.45, 7) is 13.1. The molecule has 4 aliphatic heterocycles. The van der Waals surface area contributed by atoms with E-state index in [1.165, 1.54) is 11.3 Å². The van der Waals surface area contributed by atoms with E-state index >= 15 is 0 Å². The van der Waals surface area contributed by atoms with Crippen LogP contribution in [0.25, 0.3) is 5.69 Å². The second-order valence-corrected chi connectivity index (χ2v) is 20.8. The van der Waals surface area contributed by atoms with E-state index in [1.54, 1.807) is 48.5 Å². The smallest absolute Gasteiger partial charge is 0.255 e. The van der Waals surface area contributed by atoms with Crippen molar-refractivity contribution in [2.24, 2.45) is 0 Å². The van der Waals surface area contributed by atoms with Crippen LogP contribution in [0.5, 0.6) is 11.5 Å². The van der Waals surface area contributed by atoms with Crippen LogP contribution < -0.4 is 35.6 Å². The fraction of sp³-hybridized carbons (Fsp3) is 0.417. The van der Waals surface area contributed by atoms with Crippen LogP contribution in [0.2, 0.25) is 0 Å². The molecule has 0 aliphatic carbocycles. The lowest BCUT2D eigenvalue weighted by Gasteiger charge is -2.43. The molecular weight excluding hydrogens is 858 g/mol. The summed E-state index contributed by atoms with van der Waals surface area (Å²) in [5.74, 6) is 1.35. The molecule has 3 saturated heterocycles. The van der Waals surface area contributed by atoms with Crippen molar-refractivity contribution in [3.8, 4) is 17.2 Å². The van der Waals surface area contributed by atoms with E-state index in [9.17, 15) is 18.9 Å². The zero-order valence-electron chi connectivity index (χ0n) is 38.0. The number of carbonyl (C=O) groups excluding carboxylic acids is 3. The largest absolute Gasteiger partial charge is 0.494 e. The number of fused-ring (bicyclic) bond motifs is 1. The highest BCUT2D eigenvalue weighted by molar-refractivity contribution is 7.70. The Balaban J connectivity index is 0.791. The highest BCUT2D eigenvalue weighted by atomic mass is 31.2. The van der Waals surface area contributed by atoms with E-state index in [1.807, 2.05) is 48.7 Å². The molecule has 0 spiro atoms. The van der Waals surface area contributed by atoms with Crippen LogP contribution in [0, 0.1) is 0 Å². The second-order valence-electron chi connectivity index (χ2n) is 17.7. The number of rotatable bonds is 15. The third kappa shape index (κ3) is 9.51. The number of piperidine rings is 2. The topological polar surface area (TPSA) is 179 Å². The number of hydrogen-bond acceptors (Lipinski definition) is 14. The van der Waals surface area contributed by atoms with Crippen LogP contribution >= 0.6 is 7.14 Å². The number of anilines is 5. The molecule has 4 aliphatic rings. The maximum absolute atomic E-state index is 13.3. The summed E-state index contributed by atoms with van der Waals surface area (Å²) in [6, 6.07) is 19.1. The van der Waals surface area contributed by atoms with Crippen LogP contribution in [0.1, 0.15) is 54.1 Å². The average Bonchev–Trinajstić information content (AvgIpc) is 3.98. The number of methoxy groups -OCH3 is 1. The van der Waals surface area contributed by atoms with Crippen molar-refractivity contribution in [3.05, 3.63) is 95.9 Å². The second kappa shape index (κ2) is 19.3. The predicted octanol–water partition coefficient (Wildman–Crippen LogP) is 5.39. The zero-order chi connectivity index (χ0) is 46.0. The fourth-order valence-corrected chi connectivity index (χ4v) is 10.8. The summed E-state index contributed by atoms with van der Waals surface area (Å²) >= 11 is 0. The number of nitrogens with zero attached hydrogens (tertiary/aromatic N) is 8. The van der Waals surface area contributed by atoms with Gasteiger partial charge in [-0.15, -0.1) is 0 Å². The fourth-order valence-electron chi connectivity index (χ4n) is 9.66. The van der Waals surface area contributed by atoms with Crippen molar-refractivity contribution in [3.63, 3.8) is 0 Å². The number of aromatic nitrogens is 4. The maximum Gasteiger partial charge on any atom is 0.255 e. The molecule has 6 heterocycles. The van der Waals surface area contributed by atoms with Crippen molar-refractivity contribution in [2.75, 3.05) is 88.4 Å². The minimum Gasteiger partial charge on any atom is -0.494 e. The summed E-state index contributed by atoms with van der Waals surface area (Å²) in [7, 11) is -0.916. The number of para-hydroxylation sites is 1. The molecule has 66 heavy (non-hydrogen) atoms. The molecular formula is C48H58N11O6P. The van der Waals surface area contributed by atoms with Crippen LogP contribution in [0.4, 0.5) is 28.8 Å². The first-order chi connectivity index (χ1) is 32.0. The lowest BCUT2D eigenvalue weighted by atomic mass is 9.99. The number of hydrogen-bond donors (Lipinski definition) is 3. The van der Waals surface area contributed by atoms with Crippen molar-refractivity contribution in [1.82, 2.24) is 39.8 Å². The lowest BCUT2D eigenvalue weighted by Crippen LogP contribution is -2.53. The first-order valence-corrected chi connectivity index (χ1v) is 25.4. The van der Waals surface area contributed by atoms with Gasteiger partial charge >= 0.3 is 0 Å². The van der Waals surface area contributed by atoms with E-state index < -0.39 is 19.1 Å². The summed E-state index contributed by atoms with van der Waals surface area (Å²) in [5, 5.41) is 14.4. The Morgan fingerprint density at radius 2 is 1.68 bits per heavy atom. The molecule has 3 amide bonds. The maximum atomic E-state index is 13.3. The monoisotopic (exact) mass is 915 g/mol. The summed E-state index contributed by atoms with van der Waals surface area (Å²) < 4.78 is 27.2. The number of amides is 3. The minimum absolute atomic E-state index is 0.196. The van der Waals surface area contributed by atoms with Gasteiger partial charge in [0.05, 0.1) is 31.2 Å². The molecule has 0 bridgehead atoms. The Hall–Kier alpha value is -6.29. The normalized spacial score (nSPS) is 18.6. The molecule has 1 atom stereocenters. The number of aryl methyl sites for hydroxylation is 1. The number of piperazine rings is 1. The third-order valence-electron chi connectivity index (χ3n) is 13.2. The van der Waals surface area contributed by atoms with Gasteiger partial charge in [0.15, 0.2) is 5.82 Å². The van der Waals surface area contributed by atoms with Gasteiger partial charge in [0.2, 0.25) is 17.8 Å². The molecule has 1 unspecified atom stereocenters. The first-order valence-electron chi connectivity index (χ1n) is 22.8. The van der Waals surface area contributed by atoms with Crippen molar-refractivity contribution in [1.29, 1.82) is 0 Å². The molecule has 3 aromatic carbocycles.